The van der Waals surface area contributed by atoms with Crippen LogP contribution in [0, 0.1) is 13.8 Å². The summed E-state index contributed by atoms with van der Waals surface area (Å²) in [4.78, 5) is 1.55. The van der Waals surface area contributed by atoms with Crippen LogP contribution in [-0.4, -0.2) is 6.54 Å². The number of hydrogen-bond acceptors (Lipinski definition) is 2. The standard InChI is InChI=1S/C15H17NS/c1-10-3-4-12(9-11(10)2)15-13-6-8-17-14(13)5-7-16-15/h3-4,6,8-9,15-16H,5,7H2,1-2H3. The molecule has 1 unspecified atom stereocenters. The highest BCUT2D eigenvalue weighted by molar-refractivity contribution is 7.10. The maximum absolute atomic E-state index is 3.63. The van der Waals surface area contributed by atoms with Crippen LogP contribution in [-0.2, 0) is 6.42 Å². The largest absolute Gasteiger partial charge is 0.306 e. The highest BCUT2D eigenvalue weighted by Gasteiger charge is 2.22. The quantitative estimate of drug-likeness (QED) is 0.807. The van der Waals surface area contributed by atoms with Crippen LogP contribution in [0.4, 0.5) is 0 Å². The van der Waals surface area contributed by atoms with E-state index >= 15 is 0 Å². The molecule has 0 fully saturated rings. The van der Waals surface area contributed by atoms with E-state index in [0.717, 1.165) is 6.54 Å². The fourth-order valence-corrected chi connectivity index (χ4v) is 3.41. The van der Waals surface area contributed by atoms with Crippen LogP contribution in [0.15, 0.2) is 29.6 Å². The van der Waals surface area contributed by atoms with Gasteiger partial charge in [-0.25, -0.2) is 0 Å². The van der Waals surface area contributed by atoms with Crippen molar-refractivity contribution in [3.8, 4) is 0 Å². The average Bonchev–Trinajstić information content (AvgIpc) is 2.80. The molecule has 0 radical (unpaired) electrons. The molecule has 1 aromatic carbocycles. The maximum atomic E-state index is 3.63. The predicted molar refractivity (Wildman–Crippen MR) is 73.8 cm³/mol. The summed E-state index contributed by atoms with van der Waals surface area (Å²) in [6.07, 6.45) is 1.17. The van der Waals surface area contributed by atoms with Crippen LogP contribution >= 0.6 is 11.3 Å². The molecule has 1 aliphatic rings. The summed E-state index contributed by atoms with van der Waals surface area (Å²) in [5.41, 5.74) is 5.62. The predicted octanol–water partition coefficient (Wildman–Crippen LogP) is 3.60. The van der Waals surface area contributed by atoms with Crippen molar-refractivity contribution in [1.82, 2.24) is 5.32 Å². The van der Waals surface area contributed by atoms with Crippen LogP contribution in [0.1, 0.15) is 33.2 Å². The summed E-state index contributed by atoms with van der Waals surface area (Å²) in [7, 11) is 0. The Balaban J connectivity index is 2.03. The first-order valence-electron chi connectivity index (χ1n) is 6.12. The van der Waals surface area contributed by atoms with Gasteiger partial charge in [0, 0.05) is 11.4 Å². The molecule has 17 heavy (non-hydrogen) atoms. The molecule has 3 rings (SSSR count). The van der Waals surface area contributed by atoms with Gasteiger partial charge in [-0.05, 0) is 54.0 Å². The molecule has 0 amide bonds. The molecule has 1 N–H and O–H groups in total. The van der Waals surface area contributed by atoms with Gasteiger partial charge in [0.15, 0.2) is 0 Å². The molecule has 1 aromatic heterocycles. The lowest BCUT2D eigenvalue weighted by Gasteiger charge is -2.25. The Kier molecular flexibility index (Phi) is 2.77. The first kappa shape index (κ1) is 11.0. The summed E-state index contributed by atoms with van der Waals surface area (Å²) in [5.74, 6) is 0. The first-order chi connectivity index (χ1) is 8.25. The monoisotopic (exact) mass is 243 g/mol. The number of thiophene rings is 1. The van der Waals surface area contributed by atoms with E-state index in [1.165, 1.54) is 28.7 Å². The van der Waals surface area contributed by atoms with Crippen molar-refractivity contribution in [3.63, 3.8) is 0 Å². The van der Waals surface area contributed by atoms with Crippen LogP contribution in [0.5, 0.6) is 0 Å². The van der Waals surface area contributed by atoms with Gasteiger partial charge >= 0.3 is 0 Å². The Bertz CT molecular complexity index is 542. The zero-order valence-corrected chi connectivity index (χ0v) is 11.1. The van der Waals surface area contributed by atoms with Crippen molar-refractivity contribution in [2.24, 2.45) is 0 Å². The SMILES string of the molecule is Cc1ccc(C2NCCc3sccc32)cc1C. The molecule has 2 heteroatoms. The van der Waals surface area contributed by atoms with Crippen molar-refractivity contribution < 1.29 is 0 Å². The molecule has 1 atom stereocenters. The molecule has 0 saturated heterocycles. The van der Waals surface area contributed by atoms with Crippen LogP contribution in [0.25, 0.3) is 0 Å². The van der Waals surface area contributed by atoms with E-state index < -0.39 is 0 Å². The Labute approximate surface area is 106 Å². The third-order valence-corrected chi connectivity index (χ3v) is 4.65. The number of rotatable bonds is 1. The molecule has 1 aliphatic heterocycles. The Morgan fingerprint density at radius 1 is 1.18 bits per heavy atom. The lowest BCUT2D eigenvalue weighted by molar-refractivity contribution is 0.574. The van der Waals surface area contributed by atoms with E-state index in [1.807, 2.05) is 11.3 Å². The third-order valence-electron chi connectivity index (χ3n) is 3.66. The number of benzene rings is 1. The minimum Gasteiger partial charge on any atom is -0.306 e. The molecule has 0 bridgehead atoms. The second-order valence-corrected chi connectivity index (χ2v) is 5.78. The van der Waals surface area contributed by atoms with E-state index in [2.05, 4.69) is 48.8 Å². The van der Waals surface area contributed by atoms with E-state index in [1.54, 1.807) is 4.88 Å². The van der Waals surface area contributed by atoms with Crippen LogP contribution in [0.3, 0.4) is 0 Å². The van der Waals surface area contributed by atoms with Gasteiger partial charge in [-0.15, -0.1) is 11.3 Å². The van der Waals surface area contributed by atoms with Gasteiger partial charge in [0.25, 0.3) is 0 Å². The lowest BCUT2D eigenvalue weighted by Crippen LogP contribution is -2.29. The molecular weight excluding hydrogens is 226 g/mol. The minimum atomic E-state index is 0.393. The van der Waals surface area contributed by atoms with Crippen molar-refractivity contribution in [1.29, 1.82) is 0 Å². The molecule has 2 aromatic rings. The molecule has 2 heterocycles. The normalized spacial score (nSPS) is 19.1. The molecule has 88 valence electrons. The van der Waals surface area contributed by atoms with Crippen molar-refractivity contribution in [3.05, 3.63) is 56.8 Å². The highest BCUT2D eigenvalue weighted by Crippen LogP contribution is 2.32. The van der Waals surface area contributed by atoms with Gasteiger partial charge in [0.2, 0.25) is 0 Å². The fraction of sp³-hybridized carbons (Fsp3) is 0.333. The van der Waals surface area contributed by atoms with E-state index in [9.17, 15) is 0 Å². The number of aryl methyl sites for hydroxylation is 2. The van der Waals surface area contributed by atoms with E-state index in [-0.39, 0.29) is 0 Å². The Morgan fingerprint density at radius 2 is 2.06 bits per heavy atom. The van der Waals surface area contributed by atoms with Crippen molar-refractivity contribution in [2.75, 3.05) is 6.54 Å². The van der Waals surface area contributed by atoms with Crippen LogP contribution in [0.2, 0.25) is 0 Å². The number of hydrogen-bond donors (Lipinski definition) is 1. The summed E-state index contributed by atoms with van der Waals surface area (Å²) >= 11 is 1.89. The first-order valence-corrected chi connectivity index (χ1v) is 7.00. The van der Waals surface area contributed by atoms with Gasteiger partial charge in [0.1, 0.15) is 0 Å². The van der Waals surface area contributed by atoms with Crippen molar-refractivity contribution in [2.45, 2.75) is 26.3 Å². The molecule has 0 saturated carbocycles. The Morgan fingerprint density at radius 3 is 2.88 bits per heavy atom. The van der Waals surface area contributed by atoms with Gasteiger partial charge < -0.3 is 5.32 Å². The van der Waals surface area contributed by atoms with Gasteiger partial charge in [-0.3, -0.25) is 0 Å². The van der Waals surface area contributed by atoms with E-state index in [0.29, 0.717) is 6.04 Å². The zero-order chi connectivity index (χ0) is 11.8. The van der Waals surface area contributed by atoms with Gasteiger partial charge in [-0.1, -0.05) is 18.2 Å². The van der Waals surface area contributed by atoms with Gasteiger partial charge in [0.05, 0.1) is 6.04 Å². The van der Waals surface area contributed by atoms with Crippen LogP contribution < -0.4 is 5.32 Å². The minimum absolute atomic E-state index is 0.393. The average molecular weight is 243 g/mol. The Hall–Kier alpha value is -1.12. The topological polar surface area (TPSA) is 12.0 Å². The fourth-order valence-electron chi connectivity index (χ4n) is 2.49. The second kappa shape index (κ2) is 4.28. The summed E-state index contributed by atoms with van der Waals surface area (Å²) in [6.45, 7) is 5.45. The highest BCUT2D eigenvalue weighted by atomic mass is 32.1. The molecule has 1 nitrogen and oxygen atoms in total. The molecular formula is C15H17NS. The number of fused-ring (bicyclic) bond motifs is 1. The maximum Gasteiger partial charge on any atom is 0.0587 e. The summed E-state index contributed by atoms with van der Waals surface area (Å²) in [5, 5.41) is 5.85. The summed E-state index contributed by atoms with van der Waals surface area (Å²) in [6, 6.07) is 9.47. The van der Waals surface area contributed by atoms with Crippen molar-refractivity contribution >= 4 is 11.3 Å². The second-order valence-electron chi connectivity index (χ2n) is 4.78. The molecule has 0 spiro atoms. The third kappa shape index (κ3) is 1.92. The zero-order valence-electron chi connectivity index (χ0n) is 10.3. The molecule has 0 aliphatic carbocycles. The smallest absolute Gasteiger partial charge is 0.0587 e. The summed E-state index contributed by atoms with van der Waals surface area (Å²) < 4.78 is 0. The lowest BCUT2D eigenvalue weighted by atomic mass is 9.93. The van der Waals surface area contributed by atoms with E-state index in [4.69, 9.17) is 0 Å². The number of nitrogens with one attached hydrogen (secondary N) is 1. The van der Waals surface area contributed by atoms with Gasteiger partial charge in [-0.2, -0.15) is 0 Å².